The van der Waals surface area contributed by atoms with Gasteiger partial charge < -0.3 is 0 Å². The molecule has 0 aliphatic heterocycles. The molecule has 1 aliphatic carbocycles. The molecule has 0 saturated heterocycles. The van der Waals surface area contributed by atoms with Gasteiger partial charge in [-0.05, 0) is 0 Å². The molecule has 61 valence electrons. The molecular weight excluding hydrogens is 131 g/mol. The van der Waals surface area contributed by atoms with Gasteiger partial charge in [0.1, 0.15) is 0 Å². The molecule has 1 heteroatoms. The van der Waals surface area contributed by atoms with Gasteiger partial charge in [-0.2, -0.15) is 0 Å². The van der Waals surface area contributed by atoms with E-state index in [1.165, 1.54) is 25.7 Å². The Bertz CT molecular complexity index is 148. The second kappa shape index (κ2) is 3.12. The van der Waals surface area contributed by atoms with Crippen molar-refractivity contribution >= 4 is 13.0 Å². The molecule has 1 aliphatic rings. The first-order valence-electron chi connectivity index (χ1n) is 4.60. The second-order valence-electron chi connectivity index (χ2n) is 4.68. The Balaban J connectivity index is 2.42. The first kappa shape index (κ1) is 9.03. The Morgan fingerprint density at radius 1 is 1.27 bits per heavy atom. The molecule has 1 radical (unpaired) electrons. The van der Waals surface area contributed by atoms with Gasteiger partial charge in [0.2, 0.25) is 0 Å². The van der Waals surface area contributed by atoms with Crippen LogP contribution in [0.3, 0.4) is 0 Å². The van der Waals surface area contributed by atoms with E-state index in [0.29, 0.717) is 11.3 Å². The molecule has 0 N–H and O–H groups in total. The zero-order valence-corrected chi connectivity index (χ0v) is 7.98. The van der Waals surface area contributed by atoms with Crippen LogP contribution in [0.15, 0.2) is 0 Å². The van der Waals surface area contributed by atoms with Crippen LogP contribution in [-0.4, -0.2) is 13.0 Å². The zero-order valence-electron chi connectivity index (χ0n) is 7.98. The fourth-order valence-electron chi connectivity index (χ4n) is 1.85. The third-order valence-corrected chi connectivity index (χ3v) is 2.98. The van der Waals surface area contributed by atoms with Crippen LogP contribution in [0, 0.1) is 11.3 Å². The van der Waals surface area contributed by atoms with E-state index in [0.717, 1.165) is 5.46 Å². The van der Waals surface area contributed by atoms with Gasteiger partial charge in [0, 0.05) is 0 Å². The summed E-state index contributed by atoms with van der Waals surface area (Å²) in [6.07, 6.45) is 5.28. The quantitative estimate of drug-likeness (QED) is 0.502. The van der Waals surface area contributed by atoms with E-state index in [1.807, 2.05) is 0 Å². The third-order valence-electron chi connectivity index (χ3n) is 2.98. The average molecular weight is 149 g/mol. The van der Waals surface area contributed by atoms with E-state index in [4.69, 9.17) is 7.49 Å². The molecule has 0 aromatic carbocycles. The first-order chi connectivity index (χ1) is 5.01. The summed E-state index contributed by atoms with van der Waals surface area (Å²) in [6, 6.07) is 0. The molecule has 1 rings (SSSR count). The van der Waals surface area contributed by atoms with Crippen LogP contribution in [0.5, 0.6) is 0 Å². The maximum atomic E-state index is 5.77. The van der Waals surface area contributed by atoms with Gasteiger partial charge in [0.25, 0.3) is 0 Å². The third kappa shape index (κ3) is 2.46. The Morgan fingerprint density at radius 2 is 1.73 bits per heavy atom. The predicted molar refractivity (Wildman–Crippen MR) is 52.2 cm³/mol. The van der Waals surface area contributed by atoms with Gasteiger partial charge in [0.05, 0.1) is 0 Å². The summed E-state index contributed by atoms with van der Waals surface area (Å²) in [5, 5.41) is 0. The summed E-state index contributed by atoms with van der Waals surface area (Å²) in [6.45, 7) is 6.77. The van der Waals surface area contributed by atoms with Crippen molar-refractivity contribution in [2.75, 3.05) is 0 Å². The van der Waals surface area contributed by atoms with Gasteiger partial charge in [-0.3, -0.25) is 0 Å². The minimum absolute atomic E-state index is 0.575. The summed E-state index contributed by atoms with van der Waals surface area (Å²) in [5.74, 6) is 0.711. The number of rotatable bonds is 1. The molecule has 0 amide bonds. The van der Waals surface area contributed by atoms with Crippen LogP contribution in [0.1, 0.15) is 46.5 Å². The molecular formula is C10H18B. The van der Waals surface area contributed by atoms with Crippen molar-refractivity contribution in [3.05, 3.63) is 0 Å². The summed E-state index contributed by atoms with van der Waals surface area (Å²) in [4.78, 5) is 0. The van der Waals surface area contributed by atoms with E-state index in [-0.39, 0.29) is 0 Å². The van der Waals surface area contributed by atoms with Crippen LogP contribution < -0.4 is 0 Å². The maximum absolute atomic E-state index is 5.77. The Kier molecular flexibility index (Phi) is 2.56. The Hall–Kier alpha value is -0.0651. The van der Waals surface area contributed by atoms with Gasteiger partial charge in [-0.25, -0.2) is 0 Å². The molecule has 0 aromatic heterocycles. The van der Waals surface area contributed by atoms with Crippen molar-refractivity contribution in [3.63, 3.8) is 0 Å². The molecule has 11 heavy (non-hydrogen) atoms. The molecule has 0 unspecified atom stereocenters. The van der Waals surface area contributed by atoms with Gasteiger partial charge in [0.15, 0.2) is 0 Å². The molecule has 0 nitrogen and oxygen atoms in total. The number of hydrogen-bond donors (Lipinski definition) is 0. The summed E-state index contributed by atoms with van der Waals surface area (Å²) >= 11 is 0. The van der Waals surface area contributed by atoms with E-state index in [1.54, 1.807) is 0 Å². The summed E-state index contributed by atoms with van der Waals surface area (Å²) < 4.78 is 0. The van der Waals surface area contributed by atoms with Crippen LogP contribution in [0.4, 0.5) is 0 Å². The molecule has 1 saturated carbocycles. The van der Waals surface area contributed by atoms with Crippen LogP contribution in [-0.2, 0) is 0 Å². The standard InChI is InChI=1S/C10H18B/c1-8(11)9-4-6-10(2,3)7-5-9/h9H,4-7H2,1-3H3. The van der Waals surface area contributed by atoms with Crippen LogP contribution >= 0.6 is 0 Å². The fourth-order valence-corrected chi connectivity index (χ4v) is 1.85. The van der Waals surface area contributed by atoms with Crippen molar-refractivity contribution in [1.82, 2.24) is 0 Å². The van der Waals surface area contributed by atoms with E-state index in [9.17, 15) is 0 Å². The summed E-state index contributed by atoms with van der Waals surface area (Å²) in [7, 11) is 5.77. The fraction of sp³-hybridized carbons (Fsp3) is 0.900. The van der Waals surface area contributed by atoms with E-state index in [2.05, 4.69) is 20.8 Å². The predicted octanol–water partition coefficient (Wildman–Crippen LogP) is 2.56. The van der Waals surface area contributed by atoms with Gasteiger partial charge >= 0.3 is 70.7 Å². The molecule has 0 heterocycles. The molecule has 1 fully saturated rings. The topological polar surface area (TPSA) is 0 Å². The summed E-state index contributed by atoms with van der Waals surface area (Å²) in [5.41, 5.74) is 1.71. The SMILES string of the molecule is [B]=C(C)C1CCC(C)(C)CC1. The Labute approximate surface area is 71.5 Å². The molecule has 0 spiro atoms. The zero-order chi connectivity index (χ0) is 8.48. The van der Waals surface area contributed by atoms with E-state index < -0.39 is 0 Å². The van der Waals surface area contributed by atoms with E-state index >= 15 is 0 Å². The van der Waals surface area contributed by atoms with Crippen molar-refractivity contribution in [2.24, 2.45) is 11.3 Å². The van der Waals surface area contributed by atoms with Crippen molar-refractivity contribution in [2.45, 2.75) is 46.5 Å². The van der Waals surface area contributed by atoms with Gasteiger partial charge in [-0.15, -0.1) is 0 Å². The molecule has 0 atom stereocenters. The average Bonchev–Trinajstić information content (AvgIpc) is 1.86. The van der Waals surface area contributed by atoms with Crippen molar-refractivity contribution < 1.29 is 0 Å². The minimum atomic E-state index is 0.575. The van der Waals surface area contributed by atoms with Crippen molar-refractivity contribution in [3.8, 4) is 0 Å². The normalized spacial score (nSPS) is 24.9. The van der Waals surface area contributed by atoms with Crippen LogP contribution in [0.2, 0.25) is 0 Å². The first-order valence-corrected chi connectivity index (χ1v) is 4.60. The second-order valence-corrected chi connectivity index (χ2v) is 4.68. The monoisotopic (exact) mass is 149 g/mol. The molecule has 0 aromatic rings. The molecule has 0 bridgehead atoms. The number of hydrogen-bond acceptors (Lipinski definition) is 0. The van der Waals surface area contributed by atoms with Crippen molar-refractivity contribution in [1.29, 1.82) is 0 Å². The van der Waals surface area contributed by atoms with Gasteiger partial charge in [-0.1, -0.05) is 0 Å². The van der Waals surface area contributed by atoms with Crippen LogP contribution in [0.25, 0.3) is 0 Å². The Morgan fingerprint density at radius 3 is 2.09 bits per heavy atom.